The van der Waals surface area contributed by atoms with Crippen LogP contribution in [0.15, 0.2) is 42.5 Å². The quantitative estimate of drug-likeness (QED) is 0.411. The lowest BCUT2D eigenvalue weighted by molar-refractivity contribution is 0.0376. The van der Waals surface area contributed by atoms with E-state index >= 15 is 0 Å². The maximum atomic E-state index is 13.6. The molecule has 3 aromatic rings. The molecule has 4 rings (SSSR count). The number of morpholine rings is 1. The SMILES string of the molecule is CCOc1cccc2sc(N(CCCN3CCOCC3)C(=O)c3ccc(OC(C)C)cc3)nc12. The van der Waals surface area contributed by atoms with Crippen LogP contribution in [0.5, 0.6) is 11.5 Å². The van der Waals surface area contributed by atoms with Crippen molar-refractivity contribution in [1.29, 1.82) is 0 Å². The Morgan fingerprint density at radius 2 is 1.94 bits per heavy atom. The van der Waals surface area contributed by atoms with Crippen molar-refractivity contribution in [3.63, 3.8) is 0 Å². The second-order valence-electron chi connectivity index (χ2n) is 8.49. The van der Waals surface area contributed by atoms with E-state index < -0.39 is 0 Å². The number of rotatable bonds is 10. The monoisotopic (exact) mass is 483 g/mol. The van der Waals surface area contributed by atoms with E-state index in [1.54, 1.807) is 4.90 Å². The van der Waals surface area contributed by atoms with E-state index in [-0.39, 0.29) is 12.0 Å². The van der Waals surface area contributed by atoms with Crippen LogP contribution in [0.2, 0.25) is 0 Å². The first-order valence-electron chi connectivity index (χ1n) is 12.0. The predicted octanol–water partition coefficient (Wildman–Crippen LogP) is 4.85. The zero-order valence-electron chi connectivity index (χ0n) is 20.2. The molecule has 182 valence electrons. The van der Waals surface area contributed by atoms with Crippen molar-refractivity contribution < 1.29 is 19.0 Å². The second-order valence-corrected chi connectivity index (χ2v) is 9.50. The van der Waals surface area contributed by atoms with E-state index in [0.29, 0.717) is 23.8 Å². The number of hydrogen-bond donors (Lipinski definition) is 0. The van der Waals surface area contributed by atoms with E-state index in [0.717, 1.165) is 61.0 Å². The molecule has 1 aliphatic heterocycles. The number of hydrogen-bond acceptors (Lipinski definition) is 7. The van der Waals surface area contributed by atoms with Gasteiger partial charge in [0.15, 0.2) is 5.13 Å². The van der Waals surface area contributed by atoms with Crippen LogP contribution in [0.25, 0.3) is 10.2 Å². The number of thiazole rings is 1. The number of ether oxygens (including phenoxy) is 3. The van der Waals surface area contributed by atoms with Crippen LogP contribution in [0.4, 0.5) is 5.13 Å². The van der Waals surface area contributed by atoms with Crippen LogP contribution in [0.1, 0.15) is 37.6 Å². The summed E-state index contributed by atoms with van der Waals surface area (Å²) in [6.45, 7) is 11.4. The lowest BCUT2D eigenvalue weighted by Crippen LogP contribution is -2.39. The van der Waals surface area contributed by atoms with E-state index in [2.05, 4.69) is 4.90 Å². The van der Waals surface area contributed by atoms with Crippen molar-refractivity contribution in [2.45, 2.75) is 33.3 Å². The molecule has 1 amide bonds. The minimum atomic E-state index is -0.0601. The summed E-state index contributed by atoms with van der Waals surface area (Å²) in [5.74, 6) is 1.44. The Morgan fingerprint density at radius 1 is 1.18 bits per heavy atom. The fourth-order valence-corrected chi connectivity index (χ4v) is 4.97. The van der Waals surface area contributed by atoms with Crippen LogP contribution in [-0.4, -0.2) is 67.9 Å². The zero-order valence-corrected chi connectivity index (χ0v) is 21.0. The van der Waals surface area contributed by atoms with Gasteiger partial charge in [0.1, 0.15) is 17.0 Å². The predicted molar refractivity (Wildman–Crippen MR) is 137 cm³/mol. The maximum Gasteiger partial charge on any atom is 0.260 e. The summed E-state index contributed by atoms with van der Waals surface area (Å²) in [6.07, 6.45) is 0.939. The van der Waals surface area contributed by atoms with Gasteiger partial charge >= 0.3 is 0 Å². The minimum Gasteiger partial charge on any atom is -0.492 e. The van der Waals surface area contributed by atoms with Crippen LogP contribution in [-0.2, 0) is 4.74 Å². The number of para-hydroxylation sites is 1. The summed E-state index contributed by atoms with van der Waals surface area (Å²) in [7, 11) is 0. The molecule has 0 atom stereocenters. The van der Waals surface area contributed by atoms with Gasteiger partial charge in [-0.3, -0.25) is 14.6 Å². The molecule has 1 fully saturated rings. The third kappa shape index (κ3) is 6.05. The van der Waals surface area contributed by atoms with Gasteiger partial charge in [-0.2, -0.15) is 0 Å². The number of anilines is 1. The van der Waals surface area contributed by atoms with Gasteiger partial charge in [0.2, 0.25) is 0 Å². The fourth-order valence-electron chi connectivity index (χ4n) is 3.96. The van der Waals surface area contributed by atoms with Gasteiger partial charge in [0.05, 0.1) is 30.6 Å². The zero-order chi connectivity index (χ0) is 23.9. The van der Waals surface area contributed by atoms with Gasteiger partial charge in [0, 0.05) is 31.7 Å². The molecule has 0 bridgehead atoms. The molecule has 8 heteroatoms. The highest BCUT2D eigenvalue weighted by Gasteiger charge is 2.23. The number of fused-ring (bicyclic) bond motifs is 1. The molecular weight excluding hydrogens is 450 g/mol. The number of nitrogens with zero attached hydrogens (tertiary/aromatic N) is 3. The molecule has 0 unspecified atom stereocenters. The van der Waals surface area contributed by atoms with Gasteiger partial charge < -0.3 is 14.2 Å². The molecule has 0 saturated carbocycles. The average molecular weight is 484 g/mol. The number of amides is 1. The maximum absolute atomic E-state index is 13.6. The molecule has 2 aromatic carbocycles. The third-order valence-corrected chi connectivity index (χ3v) is 6.62. The van der Waals surface area contributed by atoms with Crippen LogP contribution < -0.4 is 14.4 Å². The van der Waals surface area contributed by atoms with Gasteiger partial charge in [0.25, 0.3) is 5.91 Å². The molecule has 2 heterocycles. The first-order chi connectivity index (χ1) is 16.5. The van der Waals surface area contributed by atoms with Crippen molar-refractivity contribution in [3.8, 4) is 11.5 Å². The molecule has 0 N–H and O–H groups in total. The largest absolute Gasteiger partial charge is 0.492 e. The lowest BCUT2D eigenvalue weighted by Gasteiger charge is -2.27. The molecule has 0 radical (unpaired) electrons. The Hall–Kier alpha value is -2.68. The Labute approximate surface area is 205 Å². The number of benzene rings is 2. The summed E-state index contributed by atoms with van der Waals surface area (Å²) in [5, 5.41) is 0.691. The van der Waals surface area contributed by atoms with E-state index in [9.17, 15) is 4.79 Å². The van der Waals surface area contributed by atoms with Gasteiger partial charge in [-0.05, 0) is 63.6 Å². The highest BCUT2D eigenvalue weighted by Crippen LogP contribution is 2.35. The summed E-state index contributed by atoms with van der Waals surface area (Å²) in [6, 6.07) is 13.3. The number of aromatic nitrogens is 1. The highest BCUT2D eigenvalue weighted by molar-refractivity contribution is 7.22. The van der Waals surface area contributed by atoms with E-state index in [1.807, 2.05) is 63.2 Å². The fraction of sp³-hybridized carbons (Fsp3) is 0.462. The summed E-state index contributed by atoms with van der Waals surface area (Å²) in [5.41, 5.74) is 1.42. The summed E-state index contributed by atoms with van der Waals surface area (Å²) < 4.78 is 18.0. The number of carbonyl (C=O) groups excluding carboxylic acids is 1. The second kappa shape index (κ2) is 11.6. The van der Waals surface area contributed by atoms with Crippen LogP contribution in [0.3, 0.4) is 0 Å². The van der Waals surface area contributed by atoms with Crippen LogP contribution in [0, 0.1) is 0 Å². The molecular formula is C26H33N3O4S. The topological polar surface area (TPSA) is 64.1 Å². The van der Waals surface area contributed by atoms with Gasteiger partial charge in [-0.25, -0.2) is 4.98 Å². The molecule has 7 nitrogen and oxygen atoms in total. The first-order valence-corrected chi connectivity index (χ1v) is 12.8. The lowest BCUT2D eigenvalue weighted by atomic mass is 10.2. The van der Waals surface area contributed by atoms with Gasteiger partial charge in [-0.15, -0.1) is 0 Å². The Balaban J connectivity index is 1.57. The Morgan fingerprint density at radius 3 is 2.65 bits per heavy atom. The molecule has 1 aromatic heterocycles. The van der Waals surface area contributed by atoms with Gasteiger partial charge in [-0.1, -0.05) is 17.4 Å². The van der Waals surface area contributed by atoms with Crippen LogP contribution >= 0.6 is 11.3 Å². The Bertz CT molecular complexity index is 1080. The van der Waals surface area contributed by atoms with E-state index in [1.165, 1.54) is 11.3 Å². The summed E-state index contributed by atoms with van der Waals surface area (Å²) in [4.78, 5) is 22.7. The molecule has 0 aliphatic carbocycles. The minimum absolute atomic E-state index is 0.0601. The van der Waals surface area contributed by atoms with Crippen molar-refractivity contribution in [2.75, 3.05) is 50.9 Å². The summed E-state index contributed by atoms with van der Waals surface area (Å²) >= 11 is 1.52. The molecule has 0 spiro atoms. The first kappa shape index (κ1) is 24.4. The number of carbonyl (C=O) groups is 1. The van der Waals surface area contributed by atoms with E-state index in [4.69, 9.17) is 19.2 Å². The average Bonchev–Trinajstić information content (AvgIpc) is 3.27. The third-order valence-electron chi connectivity index (χ3n) is 5.58. The standard InChI is InChI=1S/C26H33N3O4S/c1-4-32-22-7-5-8-23-24(22)27-26(34-23)29(14-6-13-28-15-17-31-18-16-28)25(30)20-9-11-21(12-10-20)33-19(2)3/h5,7-12,19H,4,6,13-18H2,1-3H3. The smallest absolute Gasteiger partial charge is 0.260 e. The molecule has 34 heavy (non-hydrogen) atoms. The van der Waals surface area contributed by atoms with Crippen molar-refractivity contribution in [3.05, 3.63) is 48.0 Å². The van der Waals surface area contributed by atoms with Crippen molar-refractivity contribution >= 4 is 32.6 Å². The Kier molecular flexibility index (Phi) is 8.37. The molecule has 1 saturated heterocycles. The van der Waals surface area contributed by atoms with Crippen molar-refractivity contribution in [2.24, 2.45) is 0 Å². The molecule has 1 aliphatic rings. The van der Waals surface area contributed by atoms with Crippen molar-refractivity contribution in [1.82, 2.24) is 9.88 Å². The highest BCUT2D eigenvalue weighted by atomic mass is 32.1. The normalized spacial score (nSPS) is 14.5.